The van der Waals surface area contributed by atoms with Gasteiger partial charge in [-0.05, 0) is 27.7 Å². The van der Waals surface area contributed by atoms with E-state index in [9.17, 15) is 0 Å². The van der Waals surface area contributed by atoms with Gasteiger partial charge in [0.05, 0.1) is 23.9 Å². The van der Waals surface area contributed by atoms with Gasteiger partial charge in [0.2, 0.25) is 0 Å². The van der Waals surface area contributed by atoms with Gasteiger partial charge in [-0.2, -0.15) is 4.67 Å². The minimum absolute atomic E-state index is 0.0539. The second-order valence-electron chi connectivity index (χ2n) is 2.68. The van der Waals surface area contributed by atoms with Crippen molar-refractivity contribution in [3.63, 3.8) is 0 Å². The van der Waals surface area contributed by atoms with Gasteiger partial charge in [0.1, 0.15) is 0 Å². The molecule has 0 aromatic heterocycles. The van der Waals surface area contributed by atoms with Gasteiger partial charge >= 0.3 is 0 Å². The van der Waals surface area contributed by atoms with Crippen LogP contribution < -0.4 is 0 Å². The van der Waals surface area contributed by atoms with E-state index in [1.54, 1.807) is 0 Å². The normalized spacial score (nSPS) is 14.2. The summed E-state index contributed by atoms with van der Waals surface area (Å²) in [5.41, 5.74) is 0. The van der Waals surface area contributed by atoms with Crippen molar-refractivity contribution in [2.75, 3.05) is 0 Å². The lowest BCUT2D eigenvalue weighted by molar-refractivity contribution is -0.231. The molecular formula is C6H15O4PS. The molecule has 0 amide bonds. The molecule has 0 aromatic carbocycles. The van der Waals surface area contributed by atoms with Crippen molar-refractivity contribution in [1.29, 1.82) is 0 Å². The zero-order valence-corrected chi connectivity index (χ0v) is 9.39. The summed E-state index contributed by atoms with van der Waals surface area (Å²) in [6.45, 7) is 7.38. The van der Waals surface area contributed by atoms with Crippen molar-refractivity contribution in [2.24, 2.45) is 0 Å². The van der Waals surface area contributed by atoms with Crippen LogP contribution in [0.5, 0.6) is 0 Å². The second kappa shape index (κ2) is 7.06. The zero-order valence-electron chi connectivity index (χ0n) is 7.68. The summed E-state index contributed by atoms with van der Waals surface area (Å²) in [4.78, 5) is 13.8. The monoisotopic (exact) mass is 214 g/mol. The molecule has 4 nitrogen and oxygen atoms in total. The van der Waals surface area contributed by atoms with Crippen molar-refractivity contribution < 1.29 is 18.6 Å². The van der Waals surface area contributed by atoms with Gasteiger partial charge < -0.3 is 9.08 Å². The van der Waals surface area contributed by atoms with Crippen molar-refractivity contribution in [3.8, 4) is 0 Å². The van der Waals surface area contributed by atoms with E-state index in [4.69, 9.17) is 14.0 Å². The Kier molecular flexibility index (Phi) is 7.43. The highest BCUT2D eigenvalue weighted by Crippen LogP contribution is 2.48. The fourth-order valence-corrected chi connectivity index (χ4v) is 1.69. The summed E-state index contributed by atoms with van der Waals surface area (Å²) < 4.78 is 9.64. The van der Waals surface area contributed by atoms with Gasteiger partial charge in [-0.25, -0.2) is 4.89 Å². The maximum Gasteiger partial charge on any atom is 0.298 e. The molecule has 0 rings (SSSR count). The minimum Gasteiger partial charge on any atom is -0.339 e. The van der Waals surface area contributed by atoms with Crippen LogP contribution in [0.3, 0.4) is 0 Å². The van der Waals surface area contributed by atoms with E-state index < -0.39 is 7.58 Å². The molecule has 0 fully saturated rings. The predicted molar refractivity (Wildman–Crippen MR) is 50.3 cm³/mol. The number of rotatable bonds is 6. The SMILES string of the molecule is CC(C)OOP(O)SOC(C)C. The van der Waals surface area contributed by atoms with E-state index in [-0.39, 0.29) is 12.2 Å². The van der Waals surface area contributed by atoms with E-state index in [1.165, 1.54) is 0 Å². The first-order valence-corrected chi connectivity index (χ1v) is 6.24. The molecule has 0 spiro atoms. The Morgan fingerprint density at radius 1 is 1.17 bits per heavy atom. The lowest BCUT2D eigenvalue weighted by Gasteiger charge is -2.11. The molecule has 1 unspecified atom stereocenters. The van der Waals surface area contributed by atoms with Crippen LogP contribution in [0.2, 0.25) is 0 Å². The minimum atomic E-state index is -1.67. The smallest absolute Gasteiger partial charge is 0.298 e. The Balaban J connectivity index is 3.27. The van der Waals surface area contributed by atoms with Crippen LogP contribution >= 0.6 is 19.2 Å². The topological polar surface area (TPSA) is 47.9 Å². The number of hydrogen-bond acceptors (Lipinski definition) is 5. The molecule has 12 heavy (non-hydrogen) atoms. The van der Waals surface area contributed by atoms with Gasteiger partial charge in [0, 0.05) is 0 Å². The molecule has 1 N–H and O–H groups in total. The fourth-order valence-electron chi connectivity index (χ4n) is 0.258. The van der Waals surface area contributed by atoms with Crippen LogP contribution in [0.15, 0.2) is 0 Å². The van der Waals surface area contributed by atoms with Crippen molar-refractivity contribution in [2.45, 2.75) is 39.9 Å². The molecule has 0 saturated heterocycles. The summed E-state index contributed by atoms with van der Waals surface area (Å²) in [7, 11) is -1.67. The van der Waals surface area contributed by atoms with Gasteiger partial charge in [-0.1, -0.05) is 0 Å². The summed E-state index contributed by atoms with van der Waals surface area (Å²) in [6.07, 6.45) is 0.0107. The van der Waals surface area contributed by atoms with E-state index >= 15 is 0 Å². The highest BCUT2D eigenvalue weighted by Gasteiger charge is 2.10. The maximum atomic E-state index is 9.10. The second-order valence-corrected chi connectivity index (χ2v) is 5.03. The zero-order chi connectivity index (χ0) is 9.56. The van der Waals surface area contributed by atoms with Crippen molar-refractivity contribution in [1.82, 2.24) is 0 Å². The Morgan fingerprint density at radius 2 is 1.75 bits per heavy atom. The van der Waals surface area contributed by atoms with Gasteiger partial charge in [-0.15, -0.1) is 0 Å². The van der Waals surface area contributed by atoms with Crippen molar-refractivity contribution >= 4 is 19.2 Å². The highest BCUT2D eigenvalue weighted by molar-refractivity contribution is 8.50. The Hall–Kier alpha value is 0.620. The average molecular weight is 214 g/mol. The first kappa shape index (κ1) is 12.6. The summed E-state index contributed by atoms with van der Waals surface area (Å²) in [6, 6.07) is 0. The van der Waals surface area contributed by atoms with Crippen molar-refractivity contribution in [3.05, 3.63) is 0 Å². The molecule has 0 aliphatic heterocycles. The third-order valence-electron chi connectivity index (χ3n) is 0.598. The Labute approximate surface area is 78.4 Å². The highest BCUT2D eigenvalue weighted by atomic mass is 32.7. The number of hydrogen-bond donors (Lipinski definition) is 1. The lowest BCUT2D eigenvalue weighted by Crippen LogP contribution is -2.00. The summed E-state index contributed by atoms with van der Waals surface area (Å²) in [5.74, 6) is 0. The van der Waals surface area contributed by atoms with Gasteiger partial charge in [-0.3, -0.25) is 0 Å². The first-order valence-electron chi connectivity index (χ1n) is 3.68. The Morgan fingerprint density at radius 3 is 2.17 bits per heavy atom. The first-order chi connectivity index (χ1) is 5.52. The van der Waals surface area contributed by atoms with Gasteiger partial charge in [0.15, 0.2) is 0 Å². The molecule has 0 aliphatic rings. The molecule has 0 aliphatic carbocycles. The van der Waals surface area contributed by atoms with Crippen LogP contribution in [0.25, 0.3) is 0 Å². The molecule has 1 atom stereocenters. The molecular weight excluding hydrogens is 199 g/mol. The summed E-state index contributed by atoms with van der Waals surface area (Å²) >= 11 is 0.900. The van der Waals surface area contributed by atoms with E-state index in [2.05, 4.69) is 4.67 Å². The quantitative estimate of drug-likeness (QED) is 0.319. The lowest BCUT2D eigenvalue weighted by atomic mass is 10.5. The van der Waals surface area contributed by atoms with E-state index in [1.807, 2.05) is 27.7 Å². The fraction of sp³-hybridized carbons (Fsp3) is 1.00. The molecule has 0 aromatic rings. The van der Waals surface area contributed by atoms with Crippen LogP contribution in [-0.2, 0) is 13.7 Å². The standard InChI is InChI=1S/C6H15O4PS/c1-5(2)8-10-11(7)12-9-6(3)4/h5-7H,1-4H3. The molecule has 0 radical (unpaired) electrons. The third-order valence-corrected chi connectivity index (χ3v) is 2.23. The van der Waals surface area contributed by atoms with Crippen LogP contribution in [0.1, 0.15) is 27.7 Å². The van der Waals surface area contributed by atoms with Crippen LogP contribution in [-0.4, -0.2) is 17.1 Å². The molecule has 0 heterocycles. The van der Waals surface area contributed by atoms with Crippen LogP contribution in [0.4, 0.5) is 0 Å². The Bertz CT molecular complexity index is 99.7. The summed E-state index contributed by atoms with van der Waals surface area (Å²) in [5, 5.41) is 0. The average Bonchev–Trinajstić information content (AvgIpc) is 1.96. The third kappa shape index (κ3) is 8.71. The molecule has 0 saturated carbocycles. The predicted octanol–water partition coefficient (Wildman–Crippen LogP) is 2.64. The molecule has 0 bridgehead atoms. The maximum absolute atomic E-state index is 9.10. The molecule has 6 heteroatoms. The molecule has 74 valence electrons. The van der Waals surface area contributed by atoms with E-state index in [0.717, 1.165) is 11.7 Å². The largest absolute Gasteiger partial charge is 0.339 e. The van der Waals surface area contributed by atoms with Crippen LogP contribution in [0, 0.1) is 0 Å². The van der Waals surface area contributed by atoms with Gasteiger partial charge in [0.25, 0.3) is 7.58 Å². The van der Waals surface area contributed by atoms with E-state index in [0.29, 0.717) is 0 Å².